The summed E-state index contributed by atoms with van der Waals surface area (Å²) in [6.07, 6.45) is 0. The summed E-state index contributed by atoms with van der Waals surface area (Å²) in [6.45, 7) is 0. The maximum atomic E-state index is 10.5. The molecule has 0 amide bonds. The van der Waals surface area contributed by atoms with Crippen LogP contribution in [0.4, 0.5) is 0 Å². The van der Waals surface area contributed by atoms with Crippen LogP contribution in [0, 0.1) is 22.7 Å². The van der Waals surface area contributed by atoms with E-state index in [4.69, 9.17) is 10.5 Å². The van der Waals surface area contributed by atoms with Crippen LogP contribution in [0.3, 0.4) is 0 Å². The Morgan fingerprint density at radius 3 is 2.15 bits per heavy atom. The van der Waals surface area contributed by atoms with Crippen molar-refractivity contribution in [3.05, 3.63) is 29.3 Å². The second-order valence-electron chi connectivity index (χ2n) is 2.21. The highest BCUT2D eigenvalue weighted by Crippen LogP contribution is 2.10. The van der Waals surface area contributed by atoms with Gasteiger partial charge in [0.25, 0.3) is 0 Å². The fourth-order valence-corrected chi connectivity index (χ4v) is 1.27. The molecule has 0 saturated carbocycles. The van der Waals surface area contributed by atoms with Gasteiger partial charge in [-0.1, -0.05) is 0 Å². The van der Waals surface area contributed by atoms with Crippen LogP contribution in [-0.4, -0.2) is 8.42 Å². The lowest BCUT2D eigenvalue weighted by Crippen LogP contribution is -1.87. The first-order valence-corrected chi connectivity index (χ1v) is 4.45. The number of nitriles is 2. The van der Waals surface area contributed by atoms with Crippen molar-refractivity contribution in [2.45, 2.75) is 4.90 Å². The predicted molar refractivity (Wildman–Crippen MR) is 44.5 cm³/mol. The van der Waals surface area contributed by atoms with E-state index in [2.05, 4.69) is 0 Å². The molecule has 64 valence electrons. The van der Waals surface area contributed by atoms with Crippen LogP contribution in [0.15, 0.2) is 23.1 Å². The lowest BCUT2D eigenvalue weighted by molar-refractivity contribution is 0.614. The summed E-state index contributed by atoms with van der Waals surface area (Å²) in [4.78, 5) is 0.0468. The summed E-state index contributed by atoms with van der Waals surface area (Å²) in [5.74, 6) is 0. The van der Waals surface area contributed by atoms with Gasteiger partial charge in [-0.25, -0.2) is 8.42 Å². The molecule has 0 spiro atoms. The zero-order valence-corrected chi connectivity index (χ0v) is 7.28. The van der Waals surface area contributed by atoms with Gasteiger partial charge in [-0.3, -0.25) is 0 Å². The maximum absolute atomic E-state index is 10.5. The van der Waals surface area contributed by atoms with Crippen LogP contribution >= 0.6 is 0 Å². The van der Waals surface area contributed by atoms with Crippen molar-refractivity contribution >= 4 is 10.7 Å². The first kappa shape index (κ1) is 9.24. The summed E-state index contributed by atoms with van der Waals surface area (Å²) in [7, 11) is -2.70. The van der Waals surface area contributed by atoms with Crippen molar-refractivity contribution in [2.75, 3.05) is 0 Å². The number of benzene rings is 1. The Bertz CT molecular complexity index is 484. The summed E-state index contributed by atoms with van der Waals surface area (Å²) in [5.41, 5.74) is 0.266. The largest absolute Gasteiger partial charge is 0.227 e. The Balaban J connectivity index is 3.42. The quantitative estimate of drug-likeness (QED) is 0.653. The Hall–Kier alpha value is -1.85. The van der Waals surface area contributed by atoms with Crippen molar-refractivity contribution in [1.82, 2.24) is 0 Å². The summed E-state index contributed by atoms with van der Waals surface area (Å²) >= 11 is 0. The van der Waals surface area contributed by atoms with Gasteiger partial charge >= 0.3 is 0 Å². The van der Waals surface area contributed by atoms with E-state index in [9.17, 15) is 8.42 Å². The van der Waals surface area contributed by atoms with Gasteiger partial charge < -0.3 is 0 Å². The third-order valence-electron chi connectivity index (χ3n) is 1.45. The third kappa shape index (κ3) is 1.84. The molecule has 0 saturated heterocycles. The lowest BCUT2D eigenvalue weighted by atomic mass is 10.1. The average Bonchev–Trinajstić information content (AvgIpc) is 2.16. The number of hydrogen-bond acceptors (Lipinski definition) is 4. The van der Waals surface area contributed by atoms with Crippen molar-refractivity contribution in [1.29, 1.82) is 10.5 Å². The summed E-state index contributed by atoms with van der Waals surface area (Å²) in [5, 5.41) is 17.1. The van der Waals surface area contributed by atoms with Crippen molar-refractivity contribution in [3.63, 3.8) is 0 Å². The Kier molecular flexibility index (Phi) is 2.63. The second-order valence-corrected chi connectivity index (χ2v) is 3.24. The number of thiol groups is 1. The molecule has 0 aliphatic heterocycles. The van der Waals surface area contributed by atoms with E-state index >= 15 is 0 Å². The minimum absolute atomic E-state index is 0.0468. The molecule has 4 nitrogen and oxygen atoms in total. The predicted octanol–water partition coefficient (Wildman–Crippen LogP) is 0.400. The van der Waals surface area contributed by atoms with Crippen LogP contribution < -0.4 is 0 Å². The fraction of sp³-hybridized carbons (Fsp3) is 0. The lowest BCUT2D eigenvalue weighted by Gasteiger charge is -1.93. The minimum Gasteiger partial charge on any atom is -0.227 e. The van der Waals surface area contributed by atoms with Gasteiger partial charge in [0.2, 0.25) is 0 Å². The van der Waals surface area contributed by atoms with Crippen LogP contribution in [-0.2, 0) is 10.7 Å². The molecule has 0 N–H and O–H groups in total. The molecular weight excluding hydrogens is 188 g/mol. The highest BCUT2D eigenvalue weighted by molar-refractivity contribution is 7.72. The molecule has 0 bridgehead atoms. The molecule has 0 atom stereocenters. The summed E-state index contributed by atoms with van der Waals surface area (Å²) < 4.78 is 21.0. The molecular formula is C8H4N2O2S. The molecule has 0 aliphatic rings. The Morgan fingerprint density at radius 2 is 1.69 bits per heavy atom. The van der Waals surface area contributed by atoms with Gasteiger partial charge in [-0.2, -0.15) is 10.5 Å². The van der Waals surface area contributed by atoms with E-state index in [0.717, 1.165) is 0 Å². The van der Waals surface area contributed by atoms with Crippen LogP contribution in [0.25, 0.3) is 0 Å². The molecule has 0 aliphatic carbocycles. The fourth-order valence-electron chi connectivity index (χ4n) is 0.836. The molecule has 13 heavy (non-hydrogen) atoms. The van der Waals surface area contributed by atoms with E-state index < -0.39 is 10.7 Å². The molecule has 0 aromatic heterocycles. The van der Waals surface area contributed by atoms with E-state index in [1.807, 2.05) is 0 Å². The van der Waals surface area contributed by atoms with Crippen LogP contribution in [0.1, 0.15) is 11.1 Å². The number of hydrogen-bond donors (Lipinski definition) is 1. The van der Waals surface area contributed by atoms with Gasteiger partial charge in [-0.15, -0.1) is 0 Å². The first-order chi connectivity index (χ1) is 6.19. The molecule has 1 aromatic carbocycles. The molecule has 0 radical (unpaired) electrons. The van der Waals surface area contributed by atoms with Gasteiger partial charge in [0, 0.05) is 0 Å². The van der Waals surface area contributed by atoms with Crippen molar-refractivity contribution < 1.29 is 8.42 Å². The highest BCUT2D eigenvalue weighted by Gasteiger charge is 2.03. The van der Waals surface area contributed by atoms with E-state index in [-0.39, 0.29) is 16.0 Å². The van der Waals surface area contributed by atoms with Gasteiger partial charge in [-0.05, 0) is 18.2 Å². The Morgan fingerprint density at radius 1 is 1.08 bits per heavy atom. The highest BCUT2D eigenvalue weighted by atomic mass is 32.2. The zero-order chi connectivity index (χ0) is 9.84. The first-order valence-electron chi connectivity index (χ1n) is 3.27. The Labute approximate surface area is 76.6 Å². The minimum atomic E-state index is -2.70. The SMILES string of the molecule is N#Cc1ccc([SH](=O)=O)cc1C#N. The maximum Gasteiger partial charge on any atom is 0.168 e. The third-order valence-corrected chi connectivity index (χ3v) is 2.15. The standard InChI is InChI=1S/C8H4N2O2S/c9-4-6-1-2-8(13(11)12)3-7(6)5-10/h1-3,13H. The smallest absolute Gasteiger partial charge is 0.168 e. The van der Waals surface area contributed by atoms with E-state index in [1.54, 1.807) is 12.1 Å². The zero-order valence-electron chi connectivity index (χ0n) is 6.39. The monoisotopic (exact) mass is 192 g/mol. The van der Waals surface area contributed by atoms with Crippen LogP contribution in [0.2, 0.25) is 0 Å². The normalized spacial score (nSPS) is 9.15. The number of nitrogens with zero attached hydrogens (tertiary/aromatic N) is 2. The van der Waals surface area contributed by atoms with Gasteiger partial charge in [0.1, 0.15) is 12.1 Å². The number of rotatable bonds is 1. The van der Waals surface area contributed by atoms with Crippen molar-refractivity contribution in [3.8, 4) is 12.1 Å². The van der Waals surface area contributed by atoms with Gasteiger partial charge in [0.05, 0.1) is 16.0 Å². The average molecular weight is 192 g/mol. The van der Waals surface area contributed by atoms with E-state index in [1.165, 1.54) is 18.2 Å². The van der Waals surface area contributed by atoms with Crippen LogP contribution in [0.5, 0.6) is 0 Å². The van der Waals surface area contributed by atoms with Crippen molar-refractivity contribution in [2.24, 2.45) is 0 Å². The summed E-state index contributed by atoms with van der Waals surface area (Å²) in [6, 6.07) is 7.35. The van der Waals surface area contributed by atoms with E-state index in [0.29, 0.717) is 0 Å². The van der Waals surface area contributed by atoms with Gasteiger partial charge in [0.15, 0.2) is 10.7 Å². The topological polar surface area (TPSA) is 81.7 Å². The molecule has 1 aromatic rings. The molecule has 1 rings (SSSR count). The second kappa shape index (κ2) is 3.70. The molecule has 0 fully saturated rings. The molecule has 0 unspecified atom stereocenters. The molecule has 5 heteroatoms. The molecule has 0 heterocycles.